The number of carbonyl (C=O) groups excluding carboxylic acids is 1. The highest BCUT2D eigenvalue weighted by atomic mass is 32.2. The van der Waals surface area contributed by atoms with Crippen LogP contribution >= 0.6 is 0 Å². The minimum atomic E-state index is -1.19. The van der Waals surface area contributed by atoms with E-state index in [0.29, 0.717) is 5.52 Å². The standard InChI is InChI=1S/C20H21FN4O2S/c1-22-20(26)25-13-18(17-7-4-15(21)12-19(17)25)14-2-5-16(6-3-14)28(27)24-10-8-23-9-11-24/h2-7,12-13,23H,8-11H2,1H3,(H,22,26). The van der Waals surface area contributed by atoms with Crippen LogP contribution in [0.5, 0.6) is 0 Å². The summed E-state index contributed by atoms with van der Waals surface area (Å²) < 4.78 is 29.8. The lowest BCUT2D eigenvalue weighted by atomic mass is 10.1. The minimum Gasteiger partial charge on any atom is -0.340 e. The number of hydrogen-bond acceptors (Lipinski definition) is 3. The van der Waals surface area contributed by atoms with E-state index in [4.69, 9.17) is 0 Å². The van der Waals surface area contributed by atoms with Gasteiger partial charge in [-0.3, -0.25) is 4.57 Å². The fourth-order valence-electron chi connectivity index (χ4n) is 3.43. The first-order valence-corrected chi connectivity index (χ1v) is 10.2. The fraction of sp³-hybridized carbons (Fsp3) is 0.250. The second-order valence-electron chi connectivity index (χ2n) is 6.58. The summed E-state index contributed by atoms with van der Waals surface area (Å²) in [6, 6.07) is 11.5. The van der Waals surface area contributed by atoms with Crippen molar-refractivity contribution >= 4 is 27.9 Å². The number of hydrogen-bond donors (Lipinski definition) is 2. The molecule has 0 saturated carbocycles. The number of fused-ring (bicyclic) bond motifs is 1. The van der Waals surface area contributed by atoms with E-state index < -0.39 is 16.8 Å². The minimum absolute atomic E-state index is 0.335. The van der Waals surface area contributed by atoms with Crippen molar-refractivity contribution < 1.29 is 13.4 Å². The zero-order valence-electron chi connectivity index (χ0n) is 15.4. The zero-order valence-corrected chi connectivity index (χ0v) is 16.3. The molecule has 1 amide bonds. The van der Waals surface area contributed by atoms with Gasteiger partial charge in [-0.1, -0.05) is 12.1 Å². The van der Waals surface area contributed by atoms with Gasteiger partial charge < -0.3 is 10.6 Å². The third-order valence-corrected chi connectivity index (χ3v) is 6.39. The van der Waals surface area contributed by atoms with E-state index in [2.05, 4.69) is 10.6 Å². The summed E-state index contributed by atoms with van der Waals surface area (Å²) in [6.45, 7) is 3.16. The number of benzene rings is 2. The normalized spacial score (nSPS) is 16.2. The molecule has 1 fully saturated rings. The third-order valence-electron chi connectivity index (χ3n) is 4.88. The molecule has 4 rings (SSSR count). The Bertz CT molecular complexity index is 1040. The van der Waals surface area contributed by atoms with Crippen LogP contribution < -0.4 is 10.6 Å². The molecule has 2 aromatic carbocycles. The van der Waals surface area contributed by atoms with Crippen LogP contribution in [0.2, 0.25) is 0 Å². The number of piperazine rings is 1. The Morgan fingerprint density at radius 3 is 2.54 bits per heavy atom. The Balaban J connectivity index is 1.70. The van der Waals surface area contributed by atoms with E-state index in [1.54, 1.807) is 12.3 Å². The first-order chi connectivity index (χ1) is 13.6. The van der Waals surface area contributed by atoms with Gasteiger partial charge in [-0.25, -0.2) is 17.7 Å². The van der Waals surface area contributed by atoms with E-state index in [-0.39, 0.29) is 6.03 Å². The third kappa shape index (κ3) is 3.46. The fourth-order valence-corrected chi connectivity index (χ4v) is 4.61. The van der Waals surface area contributed by atoms with Gasteiger partial charge in [-0.2, -0.15) is 0 Å². The molecule has 1 aromatic heterocycles. The zero-order chi connectivity index (χ0) is 19.7. The number of rotatable bonds is 3. The van der Waals surface area contributed by atoms with Crippen LogP contribution in [-0.2, 0) is 11.0 Å². The SMILES string of the molecule is CNC(=O)n1cc(-c2ccc(S(=O)N3CCNCC3)cc2)c2ccc(F)cc21. The van der Waals surface area contributed by atoms with Crippen molar-refractivity contribution in [2.75, 3.05) is 33.2 Å². The molecule has 0 aliphatic carbocycles. The van der Waals surface area contributed by atoms with Crippen molar-refractivity contribution in [3.8, 4) is 11.1 Å². The smallest absolute Gasteiger partial charge is 0.325 e. The summed E-state index contributed by atoms with van der Waals surface area (Å²) in [7, 11) is 0.341. The van der Waals surface area contributed by atoms with Crippen molar-refractivity contribution in [2.24, 2.45) is 0 Å². The predicted molar refractivity (Wildman–Crippen MR) is 108 cm³/mol. The molecule has 1 saturated heterocycles. The molecule has 0 spiro atoms. The molecule has 0 bridgehead atoms. The topological polar surface area (TPSA) is 66.4 Å². The highest BCUT2D eigenvalue weighted by Crippen LogP contribution is 2.31. The van der Waals surface area contributed by atoms with Crippen LogP contribution in [-0.4, -0.2) is 52.3 Å². The van der Waals surface area contributed by atoms with E-state index in [0.717, 1.165) is 47.6 Å². The molecule has 1 aliphatic heterocycles. The van der Waals surface area contributed by atoms with E-state index >= 15 is 0 Å². The van der Waals surface area contributed by atoms with Gasteiger partial charge in [0.15, 0.2) is 0 Å². The largest absolute Gasteiger partial charge is 0.340 e. The van der Waals surface area contributed by atoms with Gasteiger partial charge >= 0.3 is 6.03 Å². The summed E-state index contributed by atoms with van der Waals surface area (Å²) in [6.07, 6.45) is 1.70. The van der Waals surface area contributed by atoms with E-state index in [9.17, 15) is 13.4 Å². The Kier molecular flexibility index (Phi) is 5.25. The molecule has 146 valence electrons. The van der Waals surface area contributed by atoms with Crippen molar-refractivity contribution in [1.29, 1.82) is 0 Å². The lowest BCUT2D eigenvalue weighted by molar-refractivity contribution is 0.245. The number of halogens is 1. The van der Waals surface area contributed by atoms with Crippen LogP contribution in [0.15, 0.2) is 53.6 Å². The maximum Gasteiger partial charge on any atom is 0.325 e. The Hall–Kier alpha value is -2.55. The monoisotopic (exact) mass is 400 g/mol. The van der Waals surface area contributed by atoms with Crippen LogP contribution in [0, 0.1) is 5.82 Å². The van der Waals surface area contributed by atoms with Crippen molar-refractivity contribution in [3.63, 3.8) is 0 Å². The summed E-state index contributed by atoms with van der Waals surface area (Å²) in [5.74, 6) is -0.399. The van der Waals surface area contributed by atoms with Gasteiger partial charge in [0.2, 0.25) is 0 Å². The number of carbonyl (C=O) groups is 1. The molecule has 1 unspecified atom stereocenters. The lowest BCUT2D eigenvalue weighted by Crippen LogP contribution is -2.44. The van der Waals surface area contributed by atoms with Crippen molar-refractivity contribution in [3.05, 3.63) is 54.5 Å². The maximum atomic E-state index is 13.7. The van der Waals surface area contributed by atoms with Crippen LogP contribution in [0.3, 0.4) is 0 Å². The predicted octanol–water partition coefficient (Wildman–Crippen LogP) is 2.56. The van der Waals surface area contributed by atoms with Gasteiger partial charge in [0.1, 0.15) is 16.8 Å². The molecular formula is C20H21FN4O2S. The number of amides is 1. The highest BCUT2D eigenvalue weighted by Gasteiger charge is 2.19. The first kappa shape index (κ1) is 18.8. The quantitative estimate of drug-likeness (QED) is 0.710. The molecule has 2 heterocycles. The molecule has 28 heavy (non-hydrogen) atoms. The number of aromatic nitrogens is 1. The molecule has 3 aromatic rings. The van der Waals surface area contributed by atoms with Gasteiger partial charge in [0.25, 0.3) is 0 Å². The maximum absolute atomic E-state index is 13.7. The first-order valence-electron chi connectivity index (χ1n) is 9.09. The highest BCUT2D eigenvalue weighted by molar-refractivity contribution is 7.82. The number of nitrogens with zero attached hydrogens (tertiary/aromatic N) is 2. The lowest BCUT2D eigenvalue weighted by Gasteiger charge is -2.25. The van der Waals surface area contributed by atoms with E-state index in [1.165, 1.54) is 23.7 Å². The van der Waals surface area contributed by atoms with Crippen LogP contribution in [0.1, 0.15) is 0 Å². The average Bonchev–Trinajstić information content (AvgIpc) is 3.12. The van der Waals surface area contributed by atoms with Crippen LogP contribution in [0.4, 0.5) is 9.18 Å². The Morgan fingerprint density at radius 1 is 1.14 bits per heavy atom. The molecule has 8 heteroatoms. The van der Waals surface area contributed by atoms with Crippen LogP contribution in [0.25, 0.3) is 22.0 Å². The molecule has 6 nitrogen and oxygen atoms in total. The van der Waals surface area contributed by atoms with Crippen molar-refractivity contribution in [2.45, 2.75) is 4.90 Å². The summed E-state index contributed by atoms with van der Waals surface area (Å²) in [5, 5.41) is 6.60. The molecular weight excluding hydrogens is 379 g/mol. The second-order valence-corrected chi connectivity index (χ2v) is 8.07. The van der Waals surface area contributed by atoms with Gasteiger partial charge in [-0.15, -0.1) is 0 Å². The second kappa shape index (κ2) is 7.83. The van der Waals surface area contributed by atoms with E-state index in [1.807, 2.05) is 28.6 Å². The number of nitrogens with one attached hydrogen (secondary N) is 2. The molecule has 1 atom stereocenters. The van der Waals surface area contributed by atoms with Gasteiger partial charge in [0.05, 0.1) is 10.4 Å². The molecule has 2 N–H and O–H groups in total. The molecule has 1 aliphatic rings. The Labute approximate surface area is 164 Å². The summed E-state index contributed by atoms with van der Waals surface area (Å²) in [5.41, 5.74) is 2.20. The Morgan fingerprint density at radius 2 is 1.86 bits per heavy atom. The average molecular weight is 400 g/mol. The summed E-state index contributed by atoms with van der Waals surface area (Å²) >= 11 is 0. The molecule has 0 radical (unpaired) electrons. The van der Waals surface area contributed by atoms with Gasteiger partial charge in [0, 0.05) is 50.4 Å². The van der Waals surface area contributed by atoms with Crippen molar-refractivity contribution in [1.82, 2.24) is 19.5 Å². The summed E-state index contributed by atoms with van der Waals surface area (Å²) in [4.78, 5) is 12.9. The van der Waals surface area contributed by atoms with Gasteiger partial charge in [-0.05, 0) is 35.9 Å².